The van der Waals surface area contributed by atoms with Gasteiger partial charge in [-0.3, -0.25) is 0 Å². The van der Waals surface area contributed by atoms with Crippen molar-refractivity contribution in [1.29, 1.82) is 0 Å². The molecule has 1 fully saturated rings. The van der Waals surface area contributed by atoms with E-state index in [2.05, 4.69) is 43.4 Å². The summed E-state index contributed by atoms with van der Waals surface area (Å²) in [5, 5.41) is 3.61. The van der Waals surface area contributed by atoms with E-state index in [0.717, 1.165) is 5.92 Å². The van der Waals surface area contributed by atoms with Crippen LogP contribution in [0.1, 0.15) is 30.9 Å². The van der Waals surface area contributed by atoms with E-state index < -0.39 is 0 Å². The highest BCUT2D eigenvalue weighted by molar-refractivity contribution is 5.22. The molecule has 0 bridgehead atoms. The van der Waals surface area contributed by atoms with Crippen LogP contribution in [-0.2, 0) is 6.42 Å². The summed E-state index contributed by atoms with van der Waals surface area (Å²) < 4.78 is 0. The predicted octanol–water partition coefficient (Wildman–Crippen LogP) is 2.93. The van der Waals surface area contributed by atoms with Gasteiger partial charge in [0, 0.05) is 6.04 Å². The van der Waals surface area contributed by atoms with Crippen molar-refractivity contribution in [2.75, 3.05) is 6.54 Å². The van der Waals surface area contributed by atoms with E-state index in [1.807, 2.05) is 0 Å². The zero-order chi connectivity index (χ0) is 10.7. The van der Waals surface area contributed by atoms with Gasteiger partial charge in [0.1, 0.15) is 0 Å². The van der Waals surface area contributed by atoms with Gasteiger partial charge >= 0.3 is 0 Å². The zero-order valence-corrected chi connectivity index (χ0v) is 9.79. The Morgan fingerprint density at radius 3 is 2.67 bits per heavy atom. The third kappa shape index (κ3) is 3.07. The van der Waals surface area contributed by atoms with Gasteiger partial charge in [-0.1, -0.05) is 36.8 Å². The van der Waals surface area contributed by atoms with E-state index >= 15 is 0 Å². The molecule has 1 aliphatic rings. The molecule has 0 saturated carbocycles. The van der Waals surface area contributed by atoms with Crippen molar-refractivity contribution in [1.82, 2.24) is 5.32 Å². The molecule has 1 nitrogen and oxygen atoms in total. The molecule has 1 aliphatic heterocycles. The molecule has 0 aliphatic carbocycles. The smallest absolute Gasteiger partial charge is 0.0110 e. The van der Waals surface area contributed by atoms with Crippen LogP contribution < -0.4 is 5.32 Å². The molecule has 0 radical (unpaired) electrons. The van der Waals surface area contributed by atoms with Crippen molar-refractivity contribution in [3.05, 3.63) is 35.4 Å². The van der Waals surface area contributed by atoms with E-state index in [1.165, 1.54) is 36.9 Å². The Hall–Kier alpha value is -0.820. The fourth-order valence-electron chi connectivity index (χ4n) is 2.38. The Kier molecular flexibility index (Phi) is 3.42. The van der Waals surface area contributed by atoms with Gasteiger partial charge in [0.05, 0.1) is 0 Å². The summed E-state index contributed by atoms with van der Waals surface area (Å²) in [5.41, 5.74) is 2.82. The summed E-state index contributed by atoms with van der Waals surface area (Å²) in [4.78, 5) is 0. The molecule has 0 aromatic heterocycles. The lowest BCUT2D eigenvalue weighted by atomic mass is 9.90. The Morgan fingerprint density at radius 1 is 1.27 bits per heavy atom. The van der Waals surface area contributed by atoms with Crippen molar-refractivity contribution >= 4 is 0 Å². The molecular formula is C14H21N. The van der Waals surface area contributed by atoms with Crippen LogP contribution in [0.4, 0.5) is 0 Å². The molecule has 0 amide bonds. The number of rotatable bonds is 2. The van der Waals surface area contributed by atoms with Gasteiger partial charge in [0.25, 0.3) is 0 Å². The molecule has 1 aromatic carbocycles. The summed E-state index contributed by atoms with van der Waals surface area (Å²) in [6.45, 7) is 5.70. The molecule has 1 aromatic rings. The fourth-order valence-corrected chi connectivity index (χ4v) is 2.38. The maximum Gasteiger partial charge on any atom is 0.0110 e. The van der Waals surface area contributed by atoms with Crippen LogP contribution in [0.25, 0.3) is 0 Å². The summed E-state index contributed by atoms with van der Waals surface area (Å²) >= 11 is 0. The number of piperidine rings is 1. The second kappa shape index (κ2) is 4.80. The van der Waals surface area contributed by atoms with E-state index in [0.29, 0.717) is 6.04 Å². The first kappa shape index (κ1) is 10.7. The van der Waals surface area contributed by atoms with Crippen LogP contribution in [0.3, 0.4) is 0 Å². The van der Waals surface area contributed by atoms with Crippen molar-refractivity contribution in [3.63, 3.8) is 0 Å². The molecule has 1 saturated heterocycles. The van der Waals surface area contributed by atoms with E-state index in [1.54, 1.807) is 0 Å². The molecule has 2 rings (SSSR count). The molecule has 1 N–H and O–H groups in total. The number of aryl methyl sites for hydroxylation is 1. The van der Waals surface area contributed by atoms with Gasteiger partial charge in [0.15, 0.2) is 0 Å². The SMILES string of the molecule is Cc1ccc(CC2CC(C)CCN2)cc1. The predicted molar refractivity (Wildman–Crippen MR) is 65.1 cm³/mol. The second-order valence-electron chi connectivity index (χ2n) is 4.97. The third-order valence-electron chi connectivity index (χ3n) is 3.36. The van der Waals surface area contributed by atoms with Gasteiger partial charge < -0.3 is 5.32 Å². The van der Waals surface area contributed by atoms with Gasteiger partial charge in [-0.2, -0.15) is 0 Å². The van der Waals surface area contributed by atoms with Gasteiger partial charge in [-0.05, 0) is 44.2 Å². The summed E-state index contributed by atoms with van der Waals surface area (Å²) in [5.74, 6) is 0.890. The first-order valence-electron chi connectivity index (χ1n) is 6.03. The Balaban J connectivity index is 1.93. The highest BCUT2D eigenvalue weighted by Crippen LogP contribution is 2.18. The zero-order valence-electron chi connectivity index (χ0n) is 9.79. The Bertz CT molecular complexity index is 302. The number of benzene rings is 1. The van der Waals surface area contributed by atoms with Crippen molar-refractivity contribution in [2.24, 2.45) is 5.92 Å². The minimum atomic E-state index is 0.691. The lowest BCUT2D eigenvalue weighted by Gasteiger charge is -2.28. The second-order valence-corrected chi connectivity index (χ2v) is 4.97. The minimum Gasteiger partial charge on any atom is -0.314 e. The molecule has 2 atom stereocenters. The highest BCUT2D eigenvalue weighted by atomic mass is 14.9. The van der Waals surface area contributed by atoms with E-state index in [4.69, 9.17) is 0 Å². The summed E-state index contributed by atoms with van der Waals surface area (Å²) in [6.07, 6.45) is 3.85. The first-order valence-corrected chi connectivity index (χ1v) is 6.03. The lowest BCUT2D eigenvalue weighted by Crippen LogP contribution is -2.38. The van der Waals surface area contributed by atoms with Crippen LogP contribution in [0.15, 0.2) is 24.3 Å². The number of hydrogen-bond acceptors (Lipinski definition) is 1. The number of hydrogen-bond donors (Lipinski definition) is 1. The van der Waals surface area contributed by atoms with E-state index in [9.17, 15) is 0 Å². The van der Waals surface area contributed by atoms with Gasteiger partial charge in [0.2, 0.25) is 0 Å². The van der Waals surface area contributed by atoms with Crippen LogP contribution in [0.2, 0.25) is 0 Å². The molecule has 82 valence electrons. The minimum absolute atomic E-state index is 0.691. The number of nitrogens with one attached hydrogen (secondary N) is 1. The van der Waals surface area contributed by atoms with Crippen LogP contribution in [0.5, 0.6) is 0 Å². The molecule has 15 heavy (non-hydrogen) atoms. The average molecular weight is 203 g/mol. The van der Waals surface area contributed by atoms with Gasteiger partial charge in [-0.15, -0.1) is 0 Å². The Labute approximate surface area is 92.9 Å². The van der Waals surface area contributed by atoms with Crippen molar-refractivity contribution in [2.45, 2.75) is 39.2 Å². The van der Waals surface area contributed by atoms with Crippen LogP contribution in [0, 0.1) is 12.8 Å². The first-order chi connectivity index (χ1) is 7.24. The molecular weight excluding hydrogens is 182 g/mol. The van der Waals surface area contributed by atoms with Gasteiger partial charge in [-0.25, -0.2) is 0 Å². The lowest BCUT2D eigenvalue weighted by molar-refractivity contribution is 0.318. The molecule has 1 heteroatoms. The fraction of sp³-hybridized carbons (Fsp3) is 0.571. The highest BCUT2D eigenvalue weighted by Gasteiger charge is 2.17. The van der Waals surface area contributed by atoms with Crippen molar-refractivity contribution in [3.8, 4) is 0 Å². The summed E-state index contributed by atoms with van der Waals surface area (Å²) in [7, 11) is 0. The molecule has 2 unspecified atom stereocenters. The topological polar surface area (TPSA) is 12.0 Å². The monoisotopic (exact) mass is 203 g/mol. The van der Waals surface area contributed by atoms with Crippen molar-refractivity contribution < 1.29 is 0 Å². The largest absolute Gasteiger partial charge is 0.314 e. The normalized spacial score (nSPS) is 26.5. The maximum absolute atomic E-state index is 3.61. The standard InChI is InChI=1S/C14H21N/c1-11-3-5-13(6-4-11)10-14-9-12(2)7-8-15-14/h3-6,12,14-15H,7-10H2,1-2H3. The van der Waals surface area contributed by atoms with Crippen LogP contribution >= 0.6 is 0 Å². The summed E-state index contributed by atoms with van der Waals surface area (Å²) in [6, 6.07) is 9.63. The molecule has 0 spiro atoms. The maximum atomic E-state index is 3.61. The van der Waals surface area contributed by atoms with E-state index in [-0.39, 0.29) is 0 Å². The Morgan fingerprint density at radius 2 is 2.00 bits per heavy atom. The third-order valence-corrected chi connectivity index (χ3v) is 3.36. The molecule has 1 heterocycles. The average Bonchev–Trinajstić information content (AvgIpc) is 2.22. The van der Waals surface area contributed by atoms with Crippen LogP contribution in [-0.4, -0.2) is 12.6 Å². The quantitative estimate of drug-likeness (QED) is 0.779.